The van der Waals surface area contributed by atoms with Gasteiger partial charge in [0.1, 0.15) is 0 Å². The van der Waals surface area contributed by atoms with Crippen LogP contribution in [0.5, 0.6) is 0 Å². The Balaban J connectivity index is 2.32. The fourth-order valence-corrected chi connectivity index (χ4v) is 3.43. The van der Waals surface area contributed by atoms with Crippen LogP contribution in [0.15, 0.2) is 0 Å². The second-order valence-corrected chi connectivity index (χ2v) is 8.78. The van der Waals surface area contributed by atoms with Gasteiger partial charge in [0.25, 0.3) is 0 Å². The summed E-state index contributed by atoms with van der Waals surface area (Å²) < 4.78 is 48.7. The molecule has 1 aliphatic heterocycles. The zero-order valence-corrected chi connectivity index (χ0v) is 13.8. The maximum absolute atomic E-state index is 11.8. The topological polar surface area (TPSA) is 116 Å². The van der Waals surface area contributed by atoms with Crippen molar-refractivity contribution in [3.8, 4) is 0 Å². The van der Waals surface area contributed by atoms with Crippen LogP contribution in [0, 0.1) is 0 Å². The molecule has 0 aromatic heterocycles. The molecule has 1 fully saturated rings. The molecule has 0 spiro atoms. The Kier molecular flexibility index (Phi) is 6.38. The van der Waals surface area contributed by atoms with E-state index in [1.165, 1.54) is 9.21 Å². The monoisotopic (exact) mass is 342 g/mol. The number of carbonyl (C=O) groups excluding carboxylic acids is 1. The average molecular weight is 342 g/mol. The number of hydrogen-bond donors (Lipinski definition) is 2. The maximum atomic E-state index is 11.8. The third-order valence-electron chi connectivity index (χ3n) is 3.05. The Morgan fingerprint density at radius 1 is 1.05 bits per heavy atom. The first-order chi connectivity index (χ1) is 9.65. The first kappa shape index (κ1) is 18.1. The summed E-state index contributed by atoms with van der Waals surface area (Å²) >= 11 is 0. The molecule has 0 saturated carbocycles. The molecular formula is C10H22N4O5S2. The van der Waals surface area contributed by atoms with Crippen LogP contribution >= 0.6 is 0 Å². The molecule has 9 nitrogen and oxygen atoms in total. The van der Waals surface area contributed by atoms with Gasteiger partial charge in [-0.3, -0.25) is 0 Å². The normalized spacial score (nSPS) is 17.7. The van der Waals surface area contributed by atoms with Crippen molar-refractivity contribution in [2.45, 2.75) is 6.92 Å². The molecule has 1 aliphatic rings. The highest BCUT2D eigenvalue weighted by Gasteiger charge is 2.27. The molecule has 124 valence electrons. The molecule has 0 radical (unpaired) electrons. The Hall–Kier alpha value is -0.910. The van der Waals surface area contributed by atoms with Crippen molar-refractivity contribution in [3.63, 3.8) is 0 Å². The summed E-state index contributed by atoms with van der Waals surface area (Å²) in [5, 5.41) is 2.58. The Morgan fingerprint density at radius 3 is 2.10 bits per heavy atom. The molecule has 11 heteroatoms. The van der Waals surface area contributed by atoms with E-state index in [9.17, 15) is 21.6 Å². The van der Waals surface area contributed by atoms with Gasteiger partial charge < -0.3 is 10.2 Å². The summed E-state index contributed by atoms with van der Waals surface area (Å²) in [5.74, 6) is 0.0519. The number of nitrogens with one attached hydrogen (secondary N) is 2. The number of carbonyl (C=O) groups is 1. The lowest BCUT2D eigenvalue weighted by molar-refractivity contribution is 0.172. The largest absolute Gasteiger partial charge is 0.337 e. The zero-order chi connectivity index (χ0) is 16.1. The Morgan fingerprint density at radius 2 is 1.62 bits per heavy atom. The lowest BCUT2D eigenvalue weighted by Crippen LogP contribution is -2.53. The molecule has 0 aromatic rings. The van der Waals surface area contributed by atoms with E-state index in [1.54, 1.807) is 6.92 Å². The number of hydrogen-bond acceptors (Lipinski definition) is 5. The van der Waals surface area contributed by atoms with Gasteiger partial charge in [-0.05, 0) is 6.92 Å². The van der Waals surface area contributed by atoms with E-state index in [1.807, 2.05) is 0 Å². The van der Waals surface area contributed by atoms with Gasteiger partial charge in [0.05, 0.1) is 12.0 Å². The summed E-state index contributed by atoms with van der Waals surface area (Å²) in [6, 6.07) is -0.321. The molecule has 0 aliphatic carbocycles. The summed E-state index contributed by atoms with van der Waals surface area (Å²) in [5.41, 5.74) is 0. The average Bonchev–Trinajstić information content (AvgIpc) is 2.42. The SMILES string of the molecule is CCS(=O)(=O)N1CCN(C(=O)NCCNS(C)(=O)=O)CC1. The minimum absolute atomic E-state index is 0.0519. The highest BCUT2D eigenvalue weighted by Crippen LogP contribution is 2.07. The number of urea groups is 1. The van der Waals surface area contributed by atoms with Gasteiger partial charge in [0.2, 0.25) is 20.0 Å². The smallest absolute Gasteiger partial charge is 0.317 e. The summed E-state index contributed by atoms with van der Waals surface area (Å²) in [7, 11) is -6.47. The van der Waals surface area contributed by atoms with Gasteiger partial charge in [0.15, 0.2) is 0 Å². The zero-order valence-electron chi connectivity index (χ0n) is 12.2. The fraction of sp³-hybridized carbons (Fsp3) is 0.900. The van der Waals surface area contributed by atoms with E-state index in [0.717, 1.165) is 6.26 Å². The molecule has 0 aromatic carbocycles. The molecule has 1 saturated heterocycles. The van der Waals surface area contributed by atoms with E-state index >= 15 is 0 Å². The number of rotatable bonds is 6. The molecule has 0 unspecified atom stereocenters. The van der Waals surface area contributed by atoms with Crippen molar-refractivity contribution in [1.29, 1.82) is 0 Å². The minimum Gasteiger partial charge on any atom is -0.337 e. The van der Waals surface area contributed by atoms with Crippen LogP contribution in [0.4, 0.5) is 4.79 Å². The third kappa shape index (κ3) is 6.16. The second-order valence-electron chi connectivity index (χ2n) is 4.69. The standard InChI is InChI=1S/C10H22N4O5S2/c1-3-21(18,19)14-8-6-13(7-9-14)10(15)11-4-5-12-20(2,16)17/h12H,3-9H2,1-2H3,(H,11,15). The van der Waals surface area contributed by atoms with Crippen LogP contribution in [0.3, 0.4) is 0 Å². The molecular weight excluding hydrogens is 320 g/mol. The summed E-state index contributed by atoms with van der Waals surface area (Å²) in [4.78, 5) is 13.3. The maximum Gasteiger partial charge on any atom is 0.317 e. The highest BCUT2D eigenvalue weighted by atomic mass is 32.2. The third-order valence-corrected chi connectivity index (χ3v) is 5.66. The van der Waals surface area contributed by atoms with Crippen LogP contribution in [0.1, 0.15) is 6.92 Å². The minimum atomic E-state index is -3.26. The van der Waals surface area contributed by atoms with Gasteiger partial charge in [-0.1, -0.05) is 0 Å². The summed E-state index contributed by atoms with van der Waals surface area (Å²) in [6.07, 6.45) is 1.04. The number of amides is 2. The van der Waals surface area contributed by atoms with E-state index in [4.69, 9.17) is 0 Å². The molecule has 1 rings (SSSR count). The molecule has 2 amide bonds. The second kappa shape index (κ2) is 7.38. The van der Waals surface area contributed by atoms with Crippen molar-refractivity contribution in [2.75, 3.05) is 51.3 Å². The lowest BCUT2D eigenvalue weighted by Gasteiger charge is -2.33. The predicted octanol–water partition coefficient (Wildman–Crippen LogP) is -1.79. The van der Waals surface area contributed by atoms with Crippen molar-refractivity contribution in [3.05, 3.63) is 0 Å². The van der Waals surface area contributed by atoms with Gasteiger partial charge in [0, 0.05) is 39.3 Å². The number of nitrogens with zero attached hydrogens (tertiary/aromatic N) is 2. The molecule has 0 bridgehead atoms. The fourth-order valence-electron chi connectivity index (χ4n) is 1.87. The first-order valence-corrected chi connectivity index (χ1v) is 10.1. The van der Waals surface area contributed by atoms with E-state index in [-0.39, 0.29) is 38.0 Å². The van der Waals surface area contributed by atoms with Crippen molar-refractivity contribution < 1.29 is 21.6 Å². The van der Waals surface area contributed by atoms with Crippen LogP contribution in [0.2, 0.25) is 0 Å². The quantitative estimate of drug-likeness (QED) is 0.553. The first-order valence-electron chi connectivity index (χ1n) is 6.61. The molecule has 2 N–H and O–H groups in total. The molecule has 21 heavy (non-hydrogen) atoms. The van der Waals surface area contributed by atoms with Crippen LogP contribution < -0.4 is 10.0 Å². The van der Waals surface area contributed by atoms with Crippen molar-refractivity contribution >= 4 is 26.1 Å². The van der Waals surface area contributed by atoms with E-state index in [2.05, 4.69) is 10.0 Å². The van der Waals surface area contributed by atoms with E-state index in [0.29, 0.717) is 13.1 Å². The van der Waals surface area contributed by atoms with Crippen molar-refractivity contribution in [1.82, 2.24) is 19.2 Å². The summed E-state index contributed by atoms with van der Waals surface area (Å²) in [6.45, 7) is 3.10. The van der Waals surface area contributed by atoms with Gasteiger partial charge >= 0.3 is 6.03 Å². The van der Waals surface area contributed by atoms with Gasteiger partial charge in [-0.2, -0.15) is 4.31 Å². The van der Waals surface area contributed by atoms with Crippen LogP contribution in [0.25, 0.3) is 0 Å². The molecule has 0 atom stereocenters. The highest BCUT2D eigenvalue weighted by molar-refractivity contribution is 7.89. The lowest BCUT2D eigenvalue weighted by atomic mass is 10.4. The van der Waals surface area contributed by atoms with Gasteiger partial charge in [-0.15, -0.1) is 0 Å². The Labute approximate surface area is 125 Å². The molecule has 1 heterocycles. The number of sulfonamides is 2. The van der Waals surface area contributed by atoms with Crippen LogP contribution in [-0.2, 0) is 20.0 Å². The Bertz CT molecular complexity index is 552. The van der Waals surface area contributed by atoms with Crippen molar-refractivity contribution in [2.24, 2.45) is 0 Å². The number of piperazine rings is 1. The van der Waals surface area contributed by atoms with Crippen LogP contribution in [-0.4, -0.2) is 83.3 Å². The van der Waals surface area contributed by atoms with E-state index < -0.39 is 20.0 Å². The predicted molar refractivity (Wildman–Crippen MR) is 78.9 cm³/mol. The van der Waals surface area contributed by atoms with Gasteiger partial charge in [-0.25, -0.2) is 26.4 Å².